The molecule has 1 fully saturated rings. The van der Waals surface area contributed by atoms with Gasteiger partial charge >= 0.3 is 0 Å². The van der Waals surface area contributed by atoms with Gasteiger partial charge in [-0.05, 0) is 30.7 Å². The van der Waals surface area contributed by atoms with Crippen molar-refractivity contribution in [3.63, 3.8) is 0 Å². The van der Waals surface area contributed by atoms with E-state index < -0.39 is 0 Å². The molecule has 1 aromatic rings. The molecule has 2 rings (SSSR count). The largest absolute Gasteiger partial charge is 0.340 e. The molecular weight excluding hydrogens is 218 g/mol. The number of rotatable bonds is 3. The summed E-state index contributed by atoms with van der Waals surface area (Å²) in [7, 11) is 1.95. The van der Waals surface area contributed by atoms with Gasteiger partial charge in [-0.3, -0.25) is 0 Å². The molecule has 0 aliphatic carbocycles. The summed E-state index contributed by atoms with van der Waals surface area (Å²) in [4.78, 5) is 0. The highest BCUT2D eigenvalue weighted by molar-refractivity contribution is 7.99. The Morgan fingerprint density at radius 2 is 2.50 bits per heavy atom. The minimum Gasteiger partial charge on any atom is -0.340 e. The van der Waals surface area contributed by atoms with Gasteiger partial charge in [-0.25, -0.2) is 0 Å². The summed E-state index contributed by atoms with van der Waals surface area (Å²) in [6.45, 7) is 2.95. The van der Waals surface area contributed by atoms with Crippen molar-refractivity contribution in [2.24, 2.45) is 7.05 Å². The van der Waals surface area contributed by atoms with Crippen LogP contribution in [0.25, 0.3) is 0 Å². The van der Waals surface area contributed by atoms with Crippen LogP contribution in [-0.2, 0) is 13.6 Å². The Bertz CT molecular complexity index is 411. The molecule has 0 bridgehead atoms. The lowest BCUT2D eigenvalue weighted by atomic mass is 10.2. The molecule has 1 N–H and O–H groups in total. The van der Waals surface area contributed by atoms with E-state index in [0.717, 1.165) is 12.2 Å². The molecule has 3 nitrogen and oxygen atoms in total. The molecule has 0 spiro atoms. The van der Waals surface area contributed by atoms with Gasteiger partial charge in [-0.2, -0.15) is 17.0 Å². The van der Waals surface area contributed by atoms with E-state index in [4.69, 9.17) is 5.26 Å². The average molecular weight is 235 g/mol. The third-order valence-corrected chi connectivity index (χ3v) is 4.43. The van der Waals surface area contributed by atoms with Crippen molar-refractivity contribution in [2.45, 2.75) is 25.9 Å². The maximum absolute atomic E-state index is 8.94. The summed E-state index contributed by atoms with van der Waals surface area (Å²) >= 11 is 2.01. The van der Waals surface area contributed by atoms with Crippen LogP contribution >= 0.6 is 11.8 Å². The molecular formula is C12H17N3S. The number of thioether (sulfide) groups is 1. The number of hydrogen-bond donors (Lipinski definition) is 1. The van der Waals surface area contributed by atoms with Gasteiger partial charge in [-0.1, -0.05) is 0 Å². The Morgan fingerprint density at radius 1 is 1.69 bits per heavy atom. The van der Waals surface area contributed by atoms with Gasteiger partial charge in [0.1, 0.15) is 11.8 Å². The van der Waals surface area contributed by atoms with Gasteiger partial charge in [0.25, 0.3) is 0 Å². The summed E-state index contributed by atoms with van der Waals surface area (Å²) in [6, 6.07) is 4.85. The number of aromatic nitrogens is 1. The predicted molar refractivity (Wildman–Crippen MR) is 67.4 cm³/mol. The van der Waals surface area contributed by atoms with E-state index in [9.17, 15) is 0 Å². The normalized spacial score (nSPS) is 19.9. The first-order chi connectivity index (χ1) is 7.72. The molecule has 1 aromatic heterocycles. The smallest absolute Gasteiger partial charge is 0.120 e. The molecule has 1 unspecified atom stereocenters. The summed E-state index contributed by atoms with van der Waals surface area (Å²) in [5.74, 6) is 2.49. The van der Waals surface area contributed by atoms with Gasteiger partial charge < -0.3 is 9.88 Å². The van der Waals surface area contributed by atoms with Crippen molar-refractivity contribution in [3.05, 3.63) is 23.0 Å². The third kappa shape index (κ3) is 2.26. The van der Waals surface area contributed by atoms with E-state index in [1.54, 1.807) is 0 Å². The lowest BCUT2D eigenvalue weighted by Crippen LogP contribution is -2.28. The highest BCUT2D eigenvalue weighted by atomic mass is 32.2. The van der Waals surface area contributed by atoms with Crippen molar-refractivity contribution in [1.82, 2.24) is 9.88 Å². The highest BCUT2D eigenvalue weighted by Gasteiger charge is 2.15. The van der Waals surface area contributed by atoms with Crippen LogP contribution in [0.15, 0.2) is 6.07 Å². The fraction of sp³-hybridized carbons (Fsp3) is 0.583. The molecule has 2 heterocycles. The van der Waals surface area contributed by atoms with Crippen LogP contribution in [0, 0.1) is 18.3 Å². The number of hydrogen-bond acceptors (Lipinski definition) is 3. The van der Waals surface area contributed by atoms with Crippen LogP contribution in [-0.4, -0.2) is 22.1 Å². The molecule has 1 atom stereocenters. The molecule has 0 saturated carbocycles. The zero-order valence-corrected chi connectivity index (χ0v) is 10.6. The van der Waals surface area contributed by atoms with Gasteiger partial charge in [-0.15, -0.1) is 0 Å². The average Bonchev–Trinajstić information content (AvgIpc) is 2.88. The molecule has 1 saturated heterocycles. The minimum absolute atomic E-state index is 0.648. The van der Waals surface area contributed by atoms with Crippen LogP contribution in [0.4, 0.5) is 0 Å². The summed E-state index contributed by atoms with van der Waals surface area (Å²) < 4.78 is 1.96. The topological polar surface area (TPSA) is 40.8 Å². The van der Waals surface area contributed by atoms with Crippen molar-refractivity contribution in [2.75, 3.05) is 11.5 Å². The van der Waals surface area contributed by atoms with Crippen LogP contribution < -0.4 is 5.32 Å². The Kier molecular flexibility index (Phi) is 3.57. The molecule has 16 heavy (non-hydrogen) atoms. The molecule has 0 aromatic carbocycles. The van der Waals surface area contributed by atoms with E-state index in [-0.39, 0.29) is 0 Å². The lowest BCUT2D eigenvalue weighted by Gasteiger charge is -2.10. The van der Waals surface area contributed by atoms with E-state index in [1.807, 2.05) is 29.4 Å². The summed E-state index contributed by atoms with van der Waals surface area (Å²) in [6.07, 6.45) is 1.27. The van der Waals surface area contributed by atoms with Crippen molar-refractivity contribution >= 4 is 11.8 Å². The Balaban J connectivity index is 2.01. The van der Waals surface area contributed by atoms with Crippen molar-refractivity contribution in [1.29, 1.82) is 5.26 Å². The lowest BCUT2D eigenvalue weighted by molar-refractivity contribution is 0.556. The molecule has 1 aliphatic heterocycles. The highest BCUT2D eigenvalue weighted by Crippen LogP contribution is 2.18. The zero-order valence-electron chi connectivity index (χ0n) is 9.79. The Morgan fingerprint density at radius 3 is 3.06 bits per heavy atom. The fourth-order valence-electron chi connectivity index (χ4n) is 2.00. The Labute approximate surface area is 101 Å². The zero-order chi connectivity index (χ0) is 11.5. The van der Waals surface area contributed by atoms with Crippen molar-refractivity contribution in [3.8, 4) is 6.07 Å². The van der Waals surface area contributed by atoms with E-state index in [0.29, 0.717) is 6.04 Å². The van der Waals surface area contributed by atoms with E-state index >= 15 is 0 Å². The standard InChI is InChI=1S/C12H17N3S/c1-9-10(5-12(6-13)15(9)2)7-14-11-3-4-16-8-11/h5,11,14H,3-4,7-8H2,1-2H3. The second-order valence-electron chi connectivity index (χ2n) is 4.25. The van der Waals surface area contributed by atoms with E-state index in [1.165, 1.54) is 29.2 Å². The molecule has 1 aliphatic rings. The van der Waals surface area contributed by atoms with E-state index in [2.05, 4.69) is 18.3 Å². The van der Waals surface area contributed by atoms with Gasteiger partial charge in [0.2, 0.25) is 0 Å². The number of nitrogens with zero attached hydrogens (tertiary/aromatic N) is 2. The molecule has 4 heteroatoms. The molecule has 86 valence electrons. The predicted octanol–water partition coefficient (Wildman–Crippen LogP) is 1.80. The number of nitriles is 1. The van der Waals surface area contributed by atoms with Crippen LogP contribution in [0.1, 0.15) is 23.4 Å². The maximum atomic E-state index is 8.94. The first-order valence-electron chi connectivity index (χ1n) is 5.59. The van der Waals surface area contributed by atoms with Crippen LogP contribution in [0.3, 0.4) is 0 Å². The summed E-state index contributed by atoms with van der Waals surface area (Å²) in [5.41, 5.74) is 3.18. The second-order valence-corrected chi connectivity index (χ2v) is 5.40. The van der Waals surface area contributed by atoms with Crippen LogP contribution in [0.2, 0.25) is 0 Å². The molecule has 0 amide bonds. The first-order valence-corrected chi connectivity index (χ1v) is 6.74. The monoisotopic (exact) mass is 235 g/mol. The van der Waals surface area contributed by atoms with Gasteiger partial charge in [0, 0.05) is 31.1 Å². The Hall–Kier alpha value is -0.920. The van der Waals surface area contributed by atoms with Crippen LogP contribution in [0.5, 0.6) is 0 Å². The quantitative estimate of drug-likeness (QED) is 0.868. The van der Waals surface area contributed by atoms with Gasteiger partial charge in [0.05, 0.1) is 0 Å². The maximum Gasteiger partial charge on any atom is 0.120 e. The third-order valence-electron chi connectivity index (χ3n) is 3.27. The SMILES string of the molecule is Cc1c(CNC2CCSC2)cc(C#N)n1C. The second kappa shape index (κ2) is 4.94. The fourth-order valence-corrected chi connectivity index (χ4v) is 3.19. The minimum atomic E-state index is 0.648. The molecule has 0 radical (unpaired) electrons. The summed E-state index contributed by atoms with van der Waals surface area (Å²) in [5, 5.41) is 12.5. The van der Waals surface area contributed by atoms with Crippen molar-refractivity contribution < 1.29 is 0 Å². The number of nitrogens with one attached hydrogen (secondary N) is 1. The van der Waals surface area contributed by atoms with Gasteiger partial charge in [0.15, 0.2) is 0 Å². The first kappa shape index (κ1) is 11.6.